The van der Waals surface area contributed by atoms with E-state index in [0.717, 1.165) is 24.0 Å². The zero-order chi connectivity index (χ0) is 14.1. The van der Waals surface area contributed by atoms with Gasteiger partial charge in [0.1, 0.15) is 0 Å². The van der Waals surface area contributed by atoms with Crippen LogP contribution >= 0.6 is 0 Å². The first-order valence-electron chi connectivity index (χ1n) is 7.11. The molecule has 20 heavy (non-hydrogen) atoms. The largest absolute Gasteiger partial charge is 0.296 e. The number of ketones is 1. The first-order chi connectivity index (χ1) is 9.65. The predicted molar refractivity (Wildman–Crippen MR) is 73.1 cm³/mol. The van der Waals surface area contributed by atoms with Crippen molar-refractivity contribution in [2.75, 3.05) is 0 Å². The first kappa shape index (κ1) is 13.0. The van der Waals surface area contributed by atoms with Gasteiger partial charge in [-0.05, 0) is 31.2 Å². The molecule has 1 aromatic rings. The van der Waals surface area contributed by atoms with Crippen LogP contribution in [0.5, 0.6) is 0 Å². The highest BCUT2D eigenvalue weighted by Crippen LogP contribution is 2.31. The van der Waals surface area contributed by atoms with Crippen LogP contribution in [0, 0.1) is 11.8 Å². The Hall–Kier alpha value is -1.97. The molecule has 0 radical (unpaired) electrons. The quantitative estimate of drug-likeness (QED) is 0.854. The topological polar surface area (TPSA) is 63.2 Å². The monoisotopic (exact) mass is 271 g/mol. The Bertz CT molecular complexity index is 579. The average Bonchev–Trinajstić information content (AvgIpc) is 2.75. The van der Waals surface area contributed by atoms with Crippen LogP contribution in [0.15, 0.2) is 24.3 Å². The van der Waals surface area contributed by atoms with Crippen LogP contribution in [0.4, 0.5) is 0 Å². The van der Waals surface area contributed by atoms with Gasteiger partial charge in [-0.15, -0.1) is 0 Å². The van der Waals surface area contributed by atoms with Crippen molar-refractivity contribution in [1.82, 2.24) is 5.32 Å². The van der Waals surface area contributed by atoms with Gasteiger partial charge in [0.15, 0.2) is 5.78 Å². The van der Waals surface area contributed by atoms with Crippen molar-refractivity contribution < 1.29 is 14.4 Å². The zero-order valence-corrected chi connectivity index (χ0v) is 11.2. The number of amides is 2. The van der Waals surface area contributed by atoms with Crippen molar-refractivity contribution in [2.24, 2.45) is 11.8 Å². The van der Waals surface area contributed by atoms with E-state index in [1.807, 2.05) is 24.3 Å². The van der Waals surface area contributed by atoms with E-state index in [0.29, 0.717) is 19.3 Å². The lowest BCUT2D eigenvalue weighted by Gasteiger charge is -2.21. The van der Waals surface area contributed by atoms with Gasteiger partial charge in [-0.1, -0.05) is 24.3 Å². The maximum Gasteiger partial charge on any atom is 0.229 e. The second-order valence-electron chi connectivity index (χ2n) is 5.65. The number of fused-ring (bicyclic) bond motifs is 1. The molecule has 1 heterocycles. The Morgan fingerprint density at radius 2 is 1.80 bits per heavy atom. The molecule has 2 aliphatic rings. The van der Waals surface area contributed by atoms with Gasteiger partial charge >= 0.3 is 0 Å². The zero-order valence-electron chi connectivity index (χ0n) is 11.2. The number of rotatable bonds is 3. The maximum absolute atomic E-state index is 12.2. The first-order valence-corrected chi connectivity index (χ1v) is 7.11. The lowest BCUT2D eigenvalue weighted by molar-refractivity contribution is -0.136. The SMILES string of the molecule is O=C1CCC(CCC2Cc3ccccc3C2=O)C(=O)N1. The second kappa shape index (κ2) is 5.19. The number of benzene rings is 1. The summed E-state index contributed by atoms with van der Waals surface area (Å²) >= 11 is 0. The number of nitrogens with one attached hydrogen (secondary N) is 1. The van der Waals surface area contributed by atoms with Gasteiger partial charge < -0.3 is 0 Å². The van der Waals surface area contributed by atoms with Crippen molar-refractivity contribution in [3.8, 4) is 0 Å². The molecule has 1 aromatic carbocycles. The third-order valence-corrected chi connectivity index (χ3v) is 4.34. The maximum atomic E-state index is 12.2. The van der Waals surface area contributed by atoms with E-state index in [1.54, 1.807) is 0 Å². The van der Waals surface area contributed by atoms with Gasteiger partial charge in [0.25, 0.3) is 0 Å². The molecule has 1 aliphatic carbocycles. The van der Waals surface area contributed by atoms with Crippen molar-refractivity contribution >= 4 is 17.6 Å². The molecule has 0 spiro atoms. The third kappa shape index (κ3) is 2.38. The molecule has 104 valence electrons. The van der Waals surface area contributed by atoms with Crippen LogP contribution in [0.1, 0.15) is 41.6 Å². The predicted octanol–water partition coefficient (Wildman–Crippen LogP) is 1.87. The molecule has 0 bridgehead atoms. The number of carbonyl (C=O) groups is 3. The summed E-state index contributed by atoms with van der Waals surface area (Å²) in [4.78, 5) is 35.0. The number of hydrogen-bond acceptors (Lipinski definition) is 3. The number of imide groups is 1. The fourth-order valence-electron chi connectivity index (χ4n) is 3.17. The molecule has 0 saturated carbocycles. The minimum Gasteiger partial charge on any atom is -0.296 e. The Morgan fingerprint density at radius 1 is 1.05 bits per heavy atom. The van der Waals surface area contributed by atoms with Gasteiger partial charge in [-0.25, -0.2) is 0 Å². The van der Waals surface area contributed by atoms with E-state index < -0.39 is 0 Å². The van der Waals surface area contributed by atoms with Gasteiger partial charge in [0, 0.05) is 23.8 Å². The van der Waals surface area contributed by atoms with Crippen molar-refractivity contribution in [2.45, 2.75) is 32.1 Å². The van der Waals surface area contributed by atoms with E-state index in [9.17, 15) is 14.4 Å². The Labute approximate surface area is 117 Å². The van der Waals surface area contributed by atoms with E-state index in [2.05, 4.69) is 5.32 Å². The van der Waals surface area contributed by atoms with Gasteiger partial charge in [0.2, 0.25) is 11.8 Å². The molecule has 2 unspecified atom stereocenters. The lowest BCUT2D eigenvalue weighted by atomic mass is 9.88. The van der Waals surface area contributed by atoms with Crippen LogP contribution in [0.2, 0.25) is 0 Å². The van der Waals surface area contributed by atoms with Crippen LogP contribution in [0.3, 0.4) is 0 Å². The average molecular weight is 271 g/mol. The highest BCUT2D eigenvalue weighted by atomic mass is 16.2. The molecule has 2 amide bonds. The molecule has 2 atom stereocenters. The molecule has 1 saturated heterocycles. The van der Waals surface area contributed by atoms with Gasteiger partial charge in [-0.3, -0.25) is 19.7 Å². The van der Waals surface area contributed by atoms with Crippen LogP contribution in [-0.2, 0) is 16.0 Å². The molecule has 0 aromatic heterocycles. The van der Waals surface area contributed by atoms with E-state index >= 15 is 0 Å². The highest BCUT2D eigenvalue weighted by molar-refractivity contribution is 6.02. The number of carbonyl (C=O) groups excluding carboxylic acids is 3. The summed E-state index contributed by atoms with van der Waals surface area (Å²) in [5, 5.41) is 2.37. The summed E-state index contributed by atoms with van der Waals surface area (Å²) < 4.78 is 0. The smallest absolute Gasteiger partial charge is 0.229 e. The van der Waals surface area contributed by atoms with Crippen LogP contribution in [-0.4, -0.2) is 17.6 Å². The van der Waals surface area contributed by atoms with Gasteiger partial charge in [0.05, 0.1) is 0 Å². The summed E-state index contributed by atoms with van der Waals surface area (Å²) in [6, 6.07) is 7.72. The number of piperidine rings is 1. The van der Waals surface area contributed by atoms with Crippen LogP contribution in [0.25, 0.3) is 0 Å². The summed E-state index contributed by atoms with van der Waals surface area (Å²) in [7, 11) is 0. The number of Topliss-reactive ketones (excluding diaryl/α,β-unsaturated/α-hetero) is 1. The molecule has 1 N–H and O–H groups in total. The molecule has 3 rings (SSSR count). The summed E-state index contributed by atoms with van der Waals surface area (Å²) in [6.45, 7) is 0. The molecule has 4 nitrogen and oxygen atoms in total. The minimum absolute atomic E-state index is 0.00201. The number of hydrogen-bond donors (Lipinski definition) is 1. The fraction of sp³-hybridized carbons (Fsp3) is 0.438. The Morgan fingerprint density at radius 3 is 2.55 bits per heavy atom. The van der Waals surface area contributed by atoms with Crippen molar-refractivity contribution in [1.29, 1.82) is 0 Å². The summed E-state index contributed by atoms with van der Waals surface area (Å²) in [5.74, 6) is -0.283. The highest BCUT2D eigenvalue weighted by Gasteiger charge is 2.32. The molecule has 1 fully saturated rings. The second-order valence-corrected chi connectivity index (χ2v) is 5.65. The van der Waals surface area contributed by atoms with E-state index in [1.165, 1.54) is 0 Å². The Balaban J connectivity index is 1.59. The van der Waals surface area contributed by atoms with E-state index in [4.69, 9.17) is 0 Å². The third-order valence-electron chi connectivity index (χ3n) is 4.34. The van der Waals surface area contributed by atoms with Crippen molar-refractivity contribution in [3.05, 3.63) is 35.4 Å². The molecule has 4 heteroatoms. The standard InChI is InChI=1S/C16H17NO3/c18-14-8-7-10(16(20)17-14)5-6-12-9-11-3-1-2-4-13(11)15(12)19/h1-4,10,12H,5-9H2,(H,17,18,20). The Kier molecular flexibility index (Phi) is 3.38. The van der Waals surface area contributed by atoms with Crippen molar-refractivity contribution in [3.63, 3.8) is 0 Å². The van der Waals surface area contributed by atoms with Crippen LogP contribution < -0.4 is 5.32 Å². The molecular weight excluding hydrogens is 254 g/mol. The molecule has 1 aliphatic heterocycles. The summed E-state index contributed by atoms with van der Waals surface area (Å²) in [6.07, 6.45) is 3.21. The lowest BCUT2D eigenvalue weighted by Crippen LogP contribution is -2.40. The normalized spacial score (nSPS) is 25.5. The van der Waals surface area contributed by atoms with Gasteiger partial charge in [-0.2, -0.15) is 0 Å². The van der Waals surface area contributed by atoms with E-state index in [-0.39, 0.29) is 29.4 Å². The minimum atomic E-state index is -0.185. The molecular formula is C16H17NO3. The fourth-order valence-corrected chi connectivity index (χ4v) is 3.17. The summed E-state index contributed by atoms with van der Waals surface area (Å²) in [5.41, 5.74) is 1.95.